The molecule has 9 heteroatoms. The van der Waals surface area contributed by atoms with Crippen molar-refractivity contribution in [2.24, 2.45) is 0 Å². The van der Waals surface area contributed by atoms with Gasteiger partial charge in [0, 0.05) is 31.8 Å². The molecule has 1 aliphatic rings. The van der Waals surface area contributed by atoms with Crippen molar-refractivity contribution in [2.45, 2.75) is 38.5 Å². The number of anilines is 1. The summed E-state index contributed by atoms with van der Waals surface area (Å²) in [4.78, 5) is 20.8. The Bertz CT molecular complexity index is 1040. The summed E-state index contributed by atoms with van der Waals surface area (Å²) in [6.07, 6.45) is 0.102. The molecule has 0 aliphatic carbocycles. The van der Waals surface area contributed by atoms with Crippen LogP contribution in [-0.4, -0.2) is 51.1 Å². The third-order valence-corrected chi connectivity index (χ3v) is 5.41. The second-order valence-corrected chi connectivity index (χ2v) is 7.29. The largest absolute Gasteiger partial charge is 0.465 e. The van der Waals surface area contributed by atoms with Crippen LogP contribution in [0.3, 0.4) is 0 Å². The number of nitrogens with zero attached hydrogens (tertiary/aromatic N) is 3. The maximum atomic E-state index is 11.6. The number of rotatable bonds is 6. The van der Waals surface area contributed by atoms with Gasteiger partial charge in [0.1, 0.15) is 17.9 Å². The van der Waals surface area contributed by atoms with Crippen molar-refractivity contribution < 1.29 is 19.4 Å². The second-order valence-electron chi connectivity index (χ2n) is 7.29. The number of hydrogen-bond donors (Lipinski definition) is 3. The Morgan fingerprint density at radius 3 is 2.83 bits per heavy atom. The molecule has 0 atom stereocenters. The Hall–Kier alpha value is -2.91. The Balaban J connectivity index is 1.91. The van der Waals surface area contributed by atoms with Crippen LogP contribution in [0.2, 0.25) is 0 Å². The Morgan fingerprint density at radius 1 is 1.34 bits per heavy atom. The minimum Gasteiger partial charge on any atom is -0.465 e. The molecule has 3 aromatic rings. The van der Waals surface area contributed by atoms with E-state index in [0.29, 0.717) is 63.0 Å². The third-order valence-electron chi connectivity index (χ3n) is 5.41. The first kappa shape index (κ1) is 19.4. The molecule has 4 rings (SSSR count). The monoisotopic (exact) mass is 399 g/mol. The van der Waals surface area contributed by atoms with E-state index in [1.807, 2.05) is 35.8 Å². The molecule has 0 bridgehead atoms. The number of benzene rings is 1. The molecule has 0 spiro atoms. The lowest BCUT2D eigenvalue weighted by Crippen LogP contribution is -2.54. The maximum Gasteiger partial charge on any atom is 0.405 e. The van der Waals surface area contributed by atoms with Gasteiger partial charge in [0.2, 0.25) is 0 Å². The smallest absolute Gasteiger partial charge is 0.405 e. The number of pyridine rings is 1. The van der Waals surface area contributed by atoms with Crippen LogP contribution in [0, 0.1) is 0 Å². The first-order chi connectivity index (χ1) is 14.0. The number of ether oxygens (including phenoxy) is 2. The lowest BCUT2D eigenvalue weighted by atomic mass is 9.89. The molecule has 2 aromatic heterocycles. The standard InChI is InChI=1S/C20H25N5O4/c1-2-28-11-15-23-16-17(13-5-3-4-6-14(13)22-18(16)21)25(15)12-20(24-19(26)27)7-9-29-10-8-20/h3-6,24H,2,7-12H2,1H3,(H2,21,22)(H,26,27). The van der Waals surface area contributed by atoms with Crippen molar-refractivity contribution in [2.75, 3.05) is 25.6 Å². The zero-order valence-electron chi connectivity index (χ0n) is 16.4. The fourth-order valence-corrected chi connectivity index (χ4v) is 3.99. The lowest BCUT2D eigenvalue weighted by molar-refractivity contribution is 0.0312. The van der Waals surface area contributed by atoms with Crippen molar-refractivity contribution in [1.82, 2.24) is 19.9 Å². The van der Waals surface area contributed by atoms with Crippen LogP contribution in [0.15, 0.2) is 24.3 Å². The number of fused-ring (bicyclic) bond motifs is 3. The molecule has 0 radical (unpaired) electrons. The Morgan fingerprint density at radius 2 is 2.10 bits per heavy atom. The van der Waals surface area contributed by atoms with Crippen molar-refractivity contribution in [1.29, 1.82) is 0 Å². The highest BCUT2D eigenvalue weighted by Crippen LogP contribution is 2.32. The molecule has 29 heavy (non-hydrogen) atoms. The van der Waals surface area contributed by atoms with E-state index in [2.05, 4.69) is 10.3 Å². The van der Waals surface area contributed by atoms with Crippen LogP contribution in [-0.2, 0) is 22.6 Å². The molecular formula is C20H25N5O4. The fourth-order valence-electron chi connectivity index (χ4n) is 3.99. The van der Waals surface area contributed by atoms with Crippen LogP contribution in [0.4, 0.5) is 10.6 Å². The van der Waals surface area contributed by atoms with Gasteiger partial charge in [0.15, 0.2) is 5.82 Å². The topological polar surface area (TPSA) is 125 Å². The van der Waals surface area contributed by atoms with Crippen LogP contribution < -0.4 is 11.1 Å². The average molecular weight is 399 g/mol. The Labute approximate surface area is 167 Å². The summed E-state index contributed by atoms with van der Waals surface area (Å²) >= 11 is 0. The molecule has 154 valence electrons. The van der Waals surface area contributed by atoms with Crippen LogP contribution in [0.1, 0.15) is 25.6 Å². The number of imidazole rings is 1. The third kappa shape index (κ3) is 3.70. The highest BCUT2D eigenvalue weighted by atomic mass is 16.5. The number of carbonyl (C=O) groups is 1. The van der Waals surface area contributed by atoms with Crippen LogP contribution in [0.5, 0.6) is 0 Å². The van der Waals surface area contributed by atoms with Crippen LogP contribution >= 0.6 is 0 Å². The van der Waals surface area contributed by atoms with Crippen LogP contribution in [0.25, 0.3) is 21.9 Å². The van der Waals surface area contributed by atoms with Crippen molar-refractivity contribution >= 4 is 33.8 Å². The molecule has 9 nitrogen and oxygen atoms in total. The van der Waals surface area contributed by atoms with Crippen molar-refractivity contribution in [3.05, 3.63) is 30.1 Å². The van der Waals surface area contributed by atoms with E-state index in [4.69, 9.17) is 20.2 Å². The zero-order chi connectivity index (χ0) is 20.4. The van der Waals surface area contributed by atoms with Gasteiger partial charge in [-0.25, -0.2) is 14.8 Å². The van der Waals surface area contributed by atoms with Gasteiger partial charge in [-0.2, -0.15) is 0 Å². The van der Waals surface area contributed by atoms with Crippen molar-refractivity contribution in [3.63, 3.8) is 0 Å². The van der Waals surface area contributed by atoms with Gasteiger partial charge in [-0.15, -0.1) is 0 Å². The number of para-hydroxylation sites is 1. The maximum absolute atomic E-state index is 11.6. The van der Waals surface area contributed by atoms with E-state index in [1.54, 1.807) is 0 Å². The highest BCUT2D eigenvalue weighted by Gasteiger charge is 2.36. The normalized spacial score (nSPS) is 16.3. The second kappa shape index (κ2) is 7.84. The predicted molar refractivity (Wildman–Crippen MR) is 109 cm³/mol. The first-order valence-corrected chi connectivity index (χ1v) is 9.73. The summed E-state index contributed by atoms with van der Waals surface area (Å²) in [7, 11) is 0. The fraction of sp³-hybridized carbons (Fsp3) is 0.450. The zero-order valence-corrected chi connectivity index (χ0v) is 16.4. The highest BCUT2D eigenvalue weighted by molar-refractivity contribution is 6.06. The molecule has 4 N–H and O–H groups in total. The van der Waals surface area contributed by atoms with Gasteiger partial charge in [-0.1, -0.05) is 18.2 Å². The number of hydrogen-bond acceptors (Lipinski definition) is 6. The molecule has 3 heterocycles. The minimum atomic E-state index is -1.05. The molecule has 0 saturated carbocycles. The lowest BCUT2D eigenvalue weighted by Gasteiger charge is -2.37. The van der Waals surface area contributed by atoms with E-state index < -0.39 is 11.6 Å². The number of nitrogens with one attached hydrogen (secondary N) is 1. The van der Waals surface area contributed by atoms with E-state index >= 15 is 0 Å². The van der Waals surface area contributed by atoms with Gasteiger partial charge in [-0.05, 0) is 25.8 Å². The summed E-state index contributed by atoms with van der Waals surface area (Å²) in [5, 5.41) is 13.1. The van der Waals surface area contributed by atoms with E-state index in [9.17, 15) is 9.90 Å². The number of amides is 1. The molecule has 1 saturated heterocycles. The van der Waals surface area contributed by atoms with Gasteiger partial charge in [0.05, 0.1) is 16.6 Å². The molecule has 1 fully saturated rings. The summed E-state index contributed by atoms with van der Waals surface area (Å²) in [6, 6.07) is 7.74. The molecular weight excluding hydrogens is 374 g/mol. The van der Waals surface area contributed by atoms with Gasteiger partial charge < -0.3 is 30.2 Å². The van der Waals surface area contributed by atoms with E-state index in [-0.39, 0.29) is 0 Å². The predicted octanol–water partition coefficient (Wildman–Crippen LogP) is 2.52. The summed E-state index contributed by atoms with van der Waals surface area (Å²) in [5.74, 6) is 1.05. The SMILES string of the molecule is CCOCc1nc2c(N)nc3ccccc3c2n1CC1(NC(=O)O)CCOCC1. The van der Waals surface area contributed by atoms with E-state index in [0.717, 1.165) is 16.4 Å². The van der Waals surface area contributed by atoms with Crippen molar-refractivity contribution in [3.8, 4) is 0 Å². The number of carboxylic acid groups (broad SMARTS) is 1. The Kier molecular flexibility index (Phi) is 5.25. The molecule has 1 amide bonds. The number of aromatic nitrogens is 3. The summed E-state index contributed by atoms with van der Waals surface area (Å²) in [6.45, 7) is 4.18. The van der Waals surface area contributed by atoms with E-state index in [1.165, 1.54) is 0 Å². The van der Waals surface area contributed by atoms with Gasteiger partial charge in [-0.3, -0.25) is 0 Å². The van der Waals surface area contributed by atoms with Gasteiger partial charge in [0.25, 0.3) is 0 Å². The molecule has 1 aliphatic heterocycles. The first-order valence-electron chi connectivity index (χ1n) is 9.73. The quantitative estimate of drug-likeness (QED) is 0.582. The minimum absolute atomic E-state index is 0.304. The molecule has 1 aromatic carbocycles. The average Bonchev–Trinajstić information content (AvgIpc) is 3.05. The number of nitrogen functional groups attached to an aromatic ring is 1. The molecule has 0 unspecified atom stereocenters. The summed E-state index contributed by atoms with van der Waals surface area (Å²) in [5.41, 5.74) is 7.80. The summed E-state index contributed by atoms with van der Waals surface area (Å²) < 4.78 is 13.2. The number of nitrogens with two attached hydrogens (primary N) is 1. The van der Waals surface area contributed by atoms with Gasteiger partial charge >= 0.3 is 6.09 Å².